The van der Waals surface area contributed by atoms with E-state index in [4.69, 9.17) is 10.8 Å². The van der Waals surface area contributed by atoms with E-state index in [-0.39, 0.29) is 13.2 Å². The van der Waals surface area contributed by atoms with Crippen LogP contribution >= 0.6 is 15.9 Å². The second-order valence-corrected chi connectivity index (χ2v) is 4.50. The van der Waals surface area contributed by atoms with Gasteiger partial charge in [0.15, 0.2) is 0 Å². The van der Waals surface area contributed by atoms with Gasteiger partial charge in [-0.05, 0) is 23.8 Å². The highest BCUT2D eigenvalue weighted by atomic mass is 79.9. The van der Waals surface area contributed by atoms with Gasteiger partial charge in [-0.1, -0.05) is 15.9 Å². The number of benzene rings is 1. The zero-order valence-corrected chi connectivity index (χ0v) is 10.8. The van der Waals surface area contributed by atoms with Gasteiger partial charge in [0.05, 0.1) is 13.2 Å². The molecule has 0 amide bonds. The van der Waals surface area contributed by atoms with E-state index < -0.39 is 13.0 Å². The maximum Gasteiger partial charge on any atom is 0.255 e. The Morgan fingerprint density at radius 3 is 2.59 bits per heavy atom. The van der Waals surface area contributed by atoms with E-state index in [2.05, 4.69) is 15.9 Å². The minimum atomic E-state index is -2.44. The normalized spacial score (nSPS) is 10.9. The highest BCUT2D eigenvalue weighted by molar-refractivity contribution is 9.10. The average molecular weight is 309 g/mol. The number of nitrogens with zero attached hydrogens (tertiary/aromatic N) is 1. The first-order valence-corrected chi connectivity index (χ1v) is 5.99. The zero-order chi connectivity index (χ0) is 12.8. The Bertz CT molecular complexity index is 363. The minimum Gasteiger partial charge on any atom is -0.395 e. The first-order chi connectivity index (χ1) is 8.06. The number of nitrogens with two attached hydrogens (primary N) is 1. The third kappa shape index (κ3) is 4.57. The van der Waals surface area contributed by atoms with E-state index in [9.17, 15) is 8.78 Å². The number of aliphatic hydroxyl groups is 1. The SMILES string of the molecule is NCc1cc(Br)cc(N(CCO)CC(F)F)c1. The molecular formula is C11H15BrF2N2O. The van der Waals surface area contributed by atoms with Crippen LogP contribution in [0.5, 0.6) is 0 Å². The topological polar surface area (TPSA) is 49.5 Å². The van der Waals surface area contributed by atoms with Gasteiger partial charge in [0.2, 0.25) is 0 Å². The molecule has 0 unspecified atom stereocenters. The average Bonchev–Trinajstić information content (AvgIpc) is 2.27. The molecule has 0 spiro atoms. The van der Waals surface area contributed by atoms with Crippen molar-refractivity contribution in [3.63, 3.8) is 0 Å². The molecule has 0 saturated heterocycles. The summed E-state index contributed by atoms with van der Waals surface area (Å²) in [5.41, 5.74) is 7.01. The maximum absolute atomic E-state index is 12.4. The molecule has 0 aliphatic heterocycles. The summed E-state index contributed by atoms with van der Waals surface area (Å²) in [7, 11) is 0. The zero-order valence-electron chi connectivity index (χ0n) is 9.24. The van der Waals surface area contributed by atoms with Crippen molar-refractivity contribution < 1.29 is 13.9 Å². The van der Waals surface area contributed by atoms with Crippen molar-refractivity contribution in [3.05, 3.63) is 28.2 Å². The standard InChI is InChI=1S/C11H15BrF2N2O/c12-9-3-8(6-15)4-10(5-9)16(1-2-17)7-11(13)14/h3-5,11,17H,1-2,6-7,15H2. The Labute approximate surface area is 107 Å². The fourth-order valence-corrected chi connectivity index (χ4v) is 2.08. The fraction of sp³-hybridized carbons (Fsp3) is 0.455. The number of rotatable bonds is 6. The summed E-state index contributed by atoms with van der Waals surface area (Å²) < 4.78 is 25.6. The summed E-state index contributed by atoms with van der Waals surface area (Å²) in [4.78, 5) is 1.44. The number of halogens is 3. The van der Waals surface area contributed by atoms with Crippen LogP contribution in [0.4, 0.5) is 14.5 Å². The lowest BCUT2D eigenvalue weighted by molar-refractivity contribution is 0.153. The Hall–Kier alpha value is -0.720. The van der Waals surface area contributed by atoms with Crippen LogP contribution in [0.3, 0.4) is 0 Å². The molecule has 0 radical (unpaired) electrons. The van der Waals surface area contributed by atoms with Crippen LogP contribution in [0.25, 0.3) is 0 Å². The van der Waals surface area contributed by atoms with Crippen LogP contribution in [0.15, 0.2) is 22.7 Å². The molecule has 0 aromatic heterocycles. The molecule has 0 atom stereocenters. The molecule has 1 rings (SSSR count). The molecule has 0 fully saturated rings. The smallest absolute Gasteiger partial charge is 0.255 e. The van der Waals surface area contributed by atoms with Gasteiger partial charge in [0.1, 0.15) is 0 Å². The molecule has 3 N–H and O–H groups in total. The van der Waals surface area contributed by atoms with Crippen LogP contribution in [0.2, 0.25) is 0 Å². The van der Waals surface area contributed by atoms with Gasteiger partial charge in [-0.2, -0.15) is 0 Å². The largest absolute Gasteiger partial charge is 0.395 e. The van der Waals surface area contributed by atoms with E-state index >= 15 is 0 Å². The number of hydrogen-bond acceptors (Lipinski definition) is 3. The van der Waals surface area contributed by atoms with Crippen molar-refractivity contribution >= 4 is 21.6 Å². The molecule has 1 aromatic rings. The Balaban J connectivity index is 2.95. The first-order valence-electron chi connectivity index (χ1n) is 5.20. The Kier molecular flexibility index (Phi) is 5.80. The van der Waals surface area contributed by atoms with Crippen LogP contribution in [-0.4, -0.2) is 31.2 Å². The van der Waals surface area contributed by atoms with Gasteiger partial charge < -0.3 is 15.7 Å². The maximum atomic E-state index is 12.4. The van der Waals surface area contributed by atoms with E-state index in [1.54, 1.807) is 12.1 Å². The molecule has 96 valence electrons. The van der Waals surface area contributed by atoms with Gasteiger partial charge in [0, 0.05) is 23.2 Å². The quantitative estimate of drug-likeness (QED) is 0.845. The summed E-state index contributed by atoms with van der Waals surface area (Å²) in [6.45, 7) is -0.0584. The number of hydrogen-bond donors (Lipinski definition) is 2. The van der Waals surface area contributed by atoms with E-state index in [1.807, 2.05) is 6.07 Å². The third-order valence-electron chi connectivity index (χ3n) is 2.27. The molecule has 0 heterocycles. The summed E-state index contributed by atoms with van der Waals surface area (Å²) >= 11 is 3.31. The number of anilines is 1. The van der Waals surface area contributed by atoms with Gasteiger partial charge in [-0.15, -0.1) is 0 Å². The van der Waals surface area contributed by atoms with Crippen LogP contribution in [0, 0.1) is 0 Å². The highest BCUT2D eigenvalue weighted by Gasteiger charge is 2.13. The first kappa shape index (κ1) is 14.3. The van der Waals surface area contributed by atoms with Crippen molar-refractivity contribution in [2.45, 2.75) is 13.0 Å². The minimum absolute atomic E-state index is 0.169. The Morgan fingerprint density at radius 1 is 1.35 bits per heavy atom. The molecule has 0 saturated carbocycles. The molecule has 3 nitrogen and oxygen atoms in total. The van der Waals surface area contributed by atoms with Gasteiger partial charge in [-0.3, -0.25) is 0 Å². The van der Waals surface area contributed by atoms with E-state index in [0.29, 0.717) is 12.2 Å². The molecule has 1 aromatic carbocycles. The number of alkyl halides is 2. The van der Waals surface area contributed by atoms with Gasteiger partial charge in [0.25, 0.3) is 6.43 Å². The molecule has 0 aliphatic carbocycles. The van der Waals surface area contributed by atoms with Crippen LogP contribution in [-0.2, 0) is 6.54 Å². The van der Waals surface area contributed by atoms with E-state index in [0.717, 1.165) is 10.0 Å². The van der Waals surface area contributed by atoms with Crippen LogP contribution < -0.4 is 10.6 Å². The molecular weight excluding hydrogens is 294 g/mol. The lowest BCUT2D eigenvalue weighted by Gasteiger charge is -2.24. The van der Waals surface area contributed by atoms with Crippen molar-refractivity contribution in [1.82, 2.24) is 0 Å². The highest BCUT2D eigenvalue weighted by Crippen LogP contribution is 2.23. The lowest BCUT2D eigenvalue weighted by Crippen LogP contribution is -2.31. The molecule has 6 heteroatoms. The van der Waals surface area contributed by atoms with Crippen molar-refractivity contribution in [2.75, 3.05) is 24.6 Å². The van der Waals surface area contributed by atoms with Gasteiger partial charge in [-0.25, -0.2) is 8.78 Å². The summed E-state index contributed by atoms with van der Waals surface area (Å²) in [6, 6.07) is 5.32. The monoisotopic (exact) mass is 308 g/mol. The summed E-state index contributed by atoms with van der Waals surface area (Å²) in [5, 5.41) is 8.88. The molecule has 0 bridgehead atoms. The Morgan fingerprint density at radius 2 is 2.06 bits per heavy atom. The second kappa shape index (κ2) is 6.88. The predicted molar refractivity (Wildman–Crippen MR) is 67.3 cm³/mol. The van der Waals surface area contributed by atoms with E-state index in [1.165, 1.54) is 4.90 Å². The lowest BCUT2D eigenvalue weighted by atomic mass is 10.2. The summed E-state index contributed by atoms with van der Waals surface area (Å²) in [5.74, 6) is 0. The third-order valence-corrected chi connectivity index (χ3v) is 2.73. The number of aliphatic hydroxyl groups excluding tert-OH is 1. The van der Waals surface area contributed by atoms with Gasteiger partial charge >= 0.3 is 0 Å². The van der Waals surface area contributed by atoms with Crippen molar-refractivity contribution in [3.8, 4) is 0 Å². The molecule has 17 heavy (non-hydrogen) atoms. The molecule has 0 aliphatic rings. The second-order valence-electron chi connectivity index (χ2n) is 3.58. The van der Waals surface area contributed by atoms with Crippen LogP contribution in [0.1, 0.15) is 5.56 Å². The van der Waals surface area contributed by atoms with Crippen molar-refractivity contribution in [1.29, 1.82) is 0 Å². The summed E-state index contributed by atoms with van der Waals surface area (Å²) in [6.07, 6.45) is -2.44. The fourth-order valence-electron chi connectivity index (χ4n) is 1.55. The predicted octanol–water partition coefficient (Wildman–Crippen LogP) is 1.97. The van der Waals surface area contributed by atoms with Crippen molar-refractivity contribution in [2.24, 2.45) is 5.73 Å².